The highest BCUT2D eigenvalue weighted by Gasteiger charge is 2.33. The van der Waals surface area contributed by atoms with Crippen LogP contribution in [0.2, 0.25) is 0 Å². The summed E-state index contributed by atoms with van der Waals surface area (Å²) >= 11 is 0. The van der Waals surface area contributed by atoms with Gasteiger partial charge in [-0.05, 0) is 45.4 Å². The fourth-order valence-electron chi connectivity index (χ4n) is 2.36. The maximum absolute atomic E-state index is 9.08. The predicted octanol–water partition coefficient (Wildman–Crippen LogP) is 2.63. The van der Waals surface area contributed by atoms with E-state index in [0.29, 0.717) is 18.8 Å². The van der Waals surface area contributed by atoms with E-state index in [2.05, 4.69) is 13.0 Å². The summed E-state index contributed by atoms with van der Waals surface area (Å²) in [6, 6.07) is 2.36. The van der Waals surface area contributed by atoms with Crippen molar-refractivity contribution in [3.63, 3.8) is 0 Å². The molecule has 0 amide bonds. The Bertz CT molecular complexity index is 283. The number of nitrogens with zero attached hydrogens (tertiary/aromatic N) is 1. The lowest BCUT2D eigenvalue weighted by Crippen LogP contribution is -2.23. The van der Waals surface area contributed by atoms with Crippen molar-refractivity contribution in [3.8, 4) is 6.07 Å². The van der Waals surface area contributed by atoms with E-state index in [1.54, 1.807) is 0 Å². The van der Waals surface area contributed by atoms with Crippen molar-refractivity contribution in [2.45, 2.75) is 63.9 Å². The third-order valence-electron chi connectivity index (χ3n) is 3.73. The summed E-state index contributed by atoms with van der Waals surface area (Å²) in [5.74, 6) is 0.0880. The summed E-state index contributed by atoms with van der Waals surface area (Å²) in [5, 5.41) is 9.08. The van der Waals surface area contributed by atoms with Crippen molar-refractivity contribution < 1.29 is 14.2 Å². The molecule has 0 N–H and O–H groups in total. The lowest BCUT2D eigenvalue weighted by Gasteiger charge is -2.23. The molecule has 0 aromatic rings. The van der Waals surface area contributed by atoms with Gasteiger partial charge in [-0.25, -0.2) is 0 Å². The third-order valence-corrected chi connectivity index (χ3v) is 3.73. The first-order chi connectivity index (χ1) is 8.79. The molecule has 18 heavy (non-hydrogen) atoms. The molecule has 0 spiro atoms. The quantitative estimate of drug-likeness (QED) is 0.654. The first-order valence-electron chi connectivity index (χ1n) is 7.08. The van der Waals surface area contributed by atoms with Gasteiger partial charge in [0.2, 0.25) is 0 Å². The highest BCUT2D eigenvalue weighted by atomic mass is 16.7. The smallest absolute Gasteiger partial charge is 0.157 e. The number of epoxide rings is 1. The minimum atomic E-state index is -0.0371. The lowest BCUT2D eigenvalue weighted by atomic mass is 10.00. The summed E-state index contributed by atoms with van der Waals surface area (Å²) in [4.78, 5) is 0. The van der Waals surface area contributed by atoms with Crippen molar-refractivity contribution in [1.29, 1.82) is 5.26 Å². The van der Waals surface area contributed by atoms with Gasteiger partial charge < -0.3 is 14.2 Å². The van der Waals surface area contributed by atoms with Crippen molar-refractivity contribution in [3.05, 3.63) is 0 Å². The zero-order chi connectivity index (χ0) is 12.8. The Hall–Kier alpha value is -0.630. The highest BCUT2D eigenvalue weighted by Crippen LogP contribution is 2.28. The van der Waals surface area contributed by atoms with Gasteiger partial charge in [0.25, 0.3) is 0 Å². The SMILES string of the molecule is CC1OC1CCC(C#N)CCOC1CCCCO1. The van der Waals surface area contributed by atoms with Gasteiger partial charge in [-0.1, -0.05) is 0 Å². The number of nitriles is 1. The average Bonchev–Trinajstić information content (AvgIpc) is 3.11. The van der Waals surface area contributed by atoms with Crippen LogP contribution in [0.5, 0.6) is 0 Å². The van der Waals surface area contributed by atoms with E-state index in [1.807, 2.05) is 0 Å². The summed E-state index contributed by atoms with van der Waals surface area (Å²) in [5.41, 5.74) is 0. The first kappa shape index (κ1) is 13.8. The zero-order valence-electron chi connectivity index (χ0n) is 11.1. The van der Waals surface area contributed by atoms with Crippen LogP contribution in [0.3, 0.4) is 0 Å². The second-order valence-electron chi connectivity index (χ2n) is 5.24. The van der Waals surface area contributed by atoms with Crippen LogP contribution >= 0.6 is 0 Å². The second-order valence-corrected chi connectivity index (χ2v) is 5.24. The van der Waals surface area contributed by atoms with E-state index in [1.165, 1.54) is 6.42 Å². The molecule has 4 nitrogen and oxygen atoms in total. The molecule has 0 aromatic heterocycles. The predicted molar refractivity (Wildman–Crippen MR) is 66.8 cm³/mol. The van der Waals surface area contributed by atoms with E-state index < -0.39 is 0 Å². The minimum Gasteiger partial charge on any atom is -0.370 e. The molecule has 0 radical (unpaired) electrons. The topological polar surface area (TPSA) is 54.8 Å². The standard InChI is InChI=1S/C14H23NO3/c1-11-13(18-11)6-5-12(10-15)7-9-17-14-4-2-3-8-16-14/h11-14H,2-9H2,1H3. The Labute approximate surface area is 109 Å². The number of ether oxygens (including phenoxy) is 3. The van der Waals surface area contributed by atoms with Crippen LogP contribution in [0.4, 0.5) is 0 Å². The molecule has 4 unspecified atom stereocenters. The van der Waals surface area contributed by atoms with Crippen LogP contribution in [0, 0.1) is 17.2 Å². The average molecular weight is 253 g/mol. The molecular weight excluding hydrogens is 230 g/mol. The number of hydrogen-bond donors (Lipinski definition) is 0. The maximum Gasteiger partial charge on any atom is 0.157 e. The monoisotopic (exact) mass is 253 g/mol. The van der Waals surface area contributed by atoms with E-state index in [0.717, 1.165) is 38.7 Å². The van der Waals surface area contributed by atoms with Crippen LogP contribution in [-0.2, 0) is 14.2 Å². The van der Waals surface area contributed by atoms with Crippen LogP contribution in [0.25, 0.3) is 0 Å². The molecule has 2 heterocycles. The number of rotatable bonds is 7. The Morgan fingerprint density at radius 1 is 1.39 bits per heavy atom. The summed E-state index contributed by atoms with van der Waals surface area (Å²) in [6.07, 6.45) is 6.79. The van der Waals surface area contributed by atoms with Crippen LogP contribution in [0.1, 0.15) is 45.4 Å². The molecule has 4 heteroatoms. The van der Waals surface area contributed by atoms with Gasteiger partial charge in [0.15, 0.2) is 6.29 Å². The van der Waals surface area contributed by atoms with E-state index in [9.17, 15) is 0 Å². The van der Waals surface area contributed by atoms with Crippen molar-refractivity contribution in [2.75, 3.05) is 13.2 Å². The zero-order valence-corrected chi connectivity index (χ0v) is 11.1. The molecule has 0 aromatic carbocycles. The first-order valence-corrected chi connectivity index (χ1v) is 7.08. The normalized spacial score (nSPS) is 32.8. The molecular formula is C14H23NO3. The molecule has 2 rings (SSSR count). The van der Waals surface area contributed by atoms with Gasteiger partial charge in [-0.2, -0.15) is 5.26 Å². The molecule has 2 saturated heterocycles. The largest absolute Gasteiger partial charge is 0.370 e. The maximum atomic E-state index is 9.08. The second kappa shape index (κ2) is 7.08. The molecule has 0 aliphatic carbocycles. The molecule has 2 aliphatic rings. The van der Waals surface area contributed by atoms with Crippen molar-refractivity contribution in [1.82, 2.24) is 0 Å². The van der Waals surface area contributed by atoms with Crippen LogP contribution in [0.15, 0.2) is 0 Å². The van der Waals surface area contributed by atoms with Gasteiger partial charge in [-0.3, -0.25) is 0 Å². The fourth-order valence-corrected chi connectivity index (χ4v) is 2.36. The molecule has 2 aliphatic heterocycles. The van der Waals surface area contributed by atoms with Crippen LogP contribution in [-0.4, -0.2) is 31.7 Å². The summed E-state index contributed by atoms with van der Waals surface area (Å²) in [7, 11) is 0. The Kier molecular flexibility index (Phi) is 5.43. The molecule has 0 bridgehead atoms. The highest BCUT2D eigenvalue weighted by molar-refractivity contribution is 4.87. The Morgan fingerprint density at radius 2 is 2.22 bits per heavy atom. The van der Waals surface area contributed by atoms with Crippen molar-refractivity contribution >= 4 is 0 Å². The van der Waals surface area contributed by atoms with Gasteiger partial charge >= 0.3 is 0 Å². The Balaban J connectivity index is 1.54. The van der Waals surface area contributed by atoms with Crippen molar-refractivity contribution in [2.24, 2.45) is 5.92 Å². The molecule has 102 valence electrons. The van der Waals surface area contributed by atoms with Gasteiger partial charge in [-0.15, -0.1) is 0 Å². The number of hydrogen-bond acceptors (Lipinski definition) is 4. The molecule has 0 saturated carbocycles. The van der Waals surface area contributed by atoms with Gasteiger partial charge in [0, 0.05) is 12.5 Å². The lowest BCUT2D eigenvalue weighted by molar-refractivity contribution is -0.163. The van der Waals surface area contributed by atoms with Crippen LogP contribution < -0.4 is 0 Å². The van der Waals surface area contributed by atoms with Gasteiger partial charge in [0.1, 0.15) is 0 Å². The van der Waals surface area contributed by atoms with Gasteiger partial charge in [0.05, 0.1) is 24.9 Å². The van der Waals surface area contributed by atoms with E-state index in [-0.39, 0.29) is 12.2 Å². The third kappa shape index (κ3) is 4.56. The molecule has 4 atom stereocenters. The van der Waals surface area contributed by atoms with E-state index in [4.69, 9.17) is 19.5 Å². The fraction of sp³-hybridized carbons (Fsp3) is 0.929. The summed E-state index contributed by atoms with van der Waals surface area (Å²) in [6.45, 7) is 3.52. The Morgan fingerprint density at radius 3 is 2.83 bits per heavy atom. The summed E-state index contributed by atoms with van der Waals surface area (Å²) < 4.78 is 16.5. The van der Waals surface area contributed by atoms with E-state index >= 15 is 0 Å². The minimum absolute atomic E-state index is 0.0371. The molecule has 2 fully saturated rings.